The fourth-order valence-electron chi connectivity index (χ4n) is 2.92. The Hall–Kier alpha value is -3.04. The summed E-state index contributed by atoms with van der Waals surface area (Å²) in [6.07, 6.45) is 3.35. The number of carbonyl (C=O) groups is 1. The van der Waals surface area contributed by atoms with E-state index in [4.69, 9.17) is 0 Å². The van der Waals surface area contributed by atoms with Crippen molar-refractivity contribution in [3.8, 4) is 0 Å². The molecule has 0 spiro atoms. The summed E-state index contributed by atoms with van der Waals surface area (Å²) in [5.41, 5.74) is 0.809. The molecular formula is C21H17FN4O2S2. The quantitative estimate of drug-likeness (QED) is 0.361. The summed E-state index contributed by atoms with van der Waals surface area (Å²) in [7, 11) is 0. The number of halogens is 1. The number of hydrogen-bond donors (Lipinski definition) is 1. The lowest BCUT2D eigenvalue weighted by molar-refractivity contribution is -0.113. The SMILES string of the molecule is Cc1cc2c(=O)n(Cc3cccnc3)c(SCC(=O)Nc3ccccc3F)nc2s1. The van der Waals surface area contributed by atoms with E-state index in [1.165, 1.54) is 23.5 Å². The molecule has 0 aliphatic heterocycles. The maximum absolute atomic E-state index is 13.8. The monoisotopic (exact) mass is 440 g/mol. The summed E-state index contributed by atoms with van der Waals surface area (Å²) in [6.45, 7) is 2.22. The van der Waals surface area contributed by atoms with Gasteiger partial charge in [0.2, 0.25) is 5.91 Å². The first-order valence-corrected chi connectivity index (χ1v) is 10.9. The third-order valence-corrected chi connectivity index (χ3v) is 6.20. The molecule has 9 heteroatoms. The molecule has 0 aliphatic carbocycles. The maximum atomic E-state index is 13.8. The minimum absolute atomic E-state index is 0.0102. The van der Waals surface area contributed by atoms with Gasteiger partial charge in [0.15, 0.2) is 5.16 Å². The molecule has 1 amide bonds. The highest BCUT2D eigenvalue weighted by Gasteiger charge is 2.16. The van der Waals surface area contributed by atoms with Gasteiger partial charge in [0.1, 0.15) is 10.6 Å². The fraction of sp³-hybridized carbons (Fsp3) is 0.143. The molecule has 1 N–H and O–H groups in total. The summed E-state index contributed by atoms with van der Waals surface area (Å²) in [5, 5.41) is 3.54. The van der Waals surface area contributed by atoms with E-state index in [0.29, 0.717) is 21.9 Å². The van der Waals surface area contributed by atoms with Gasteiger partial charge in [-0.1, -0.05) is 30.0 Å². The average molecular weight is 441 g/mol. The van der Waals surface area contributed by atoms with Gasteiger partial charge in [-0.2, -0.15) is 0 Å². The van der Waals surface area contributed by atoms with E-state index in [1.807, 2.05) is 19.1 Å². The number of hydrogen-bond acceptors (Lipinski definition) is 6. The van der Waals surface area contributed by atoms with Crippen LogP contribution in [0.15, 0.2) is 64.8 Å². The molecule has 0 fully saturated rings. The second-order valence-electron chi connectivity index (χ2n) is 6.54. The van der Waals surface area contributed by atoms with Gasteiger partial charge in [-0.3, -0.25) is 19.1 Å². The van der Waals surface area contributed by atoms with Gasteiger partial charge in [0.05, 0.1) is 23.4 Å². The van der Waals surface area contributed by atoms with Gasteiger partial charge in [-0.15, -0.1) is 11.3 Å². The van der Waals surface area contributed by atoms with Crippen LogP contribution in [0.4, 0.5) is 10.1 Å². The number of aryl methyl sites for hydroxylation is 1. The van der Waals surface area contributed by atoms with Gasteiger partial charge in [0.25, 0.3) is 5.56 Å². The molecule has 4 rings (SSSR count). The molecule has 3 heterocycles. The summed E-state index contributed by atoms with van der Waals surface area (Å²) >= 11 is 2.58. The first-order chi connectivity index (χ1) is 14.5. The molecule has 0 bridgehead atoms. The minimum Gasteiger partial charge on any atom is -0.323 e. The van der Waals surface area contributed by atoms with Crippen LogP contribution in [0.5, 0.6) is 0 Å². The third-order valence-electron chi connectivity index (χ3n) is 4.28. The van der Waals surface area contributed by atoms with Crippen molar-refractivity contribution in [3.63, 3.8) is 0 Å². The molecular weight excluding hydrogens is 423 g/mol. The zero-order valence-electron chi connectivity index (χ0n) is 16.0. The number of para-hydroxylation sites is 1. The van der Waals surface area contributed by atoms with Crippen LogP contribution in [0, 0.1) is 12.7 Å². The van der Waals surface area contributed by atoms with Crippen LogP contribution in [0.1, 0.15) is 10.4 Å². The number of aromatic nitrogens is 3. The highest BCUT2D eigenvalue weighted by Crippen LogP contribution is 2.25. The number of carbonyl (C=O) groups excluding carboxylic acids is 1. The number of thioether (sulfide) groups is 1. The van der Waals surface area contributed by atoms with Gasteiger partial charge in [0, 0.05) is 17.3 Å². The maximum Gasteiger partial charge on any atom is 0.263 e. The molecule has 1 aromatic carbocycles. The number of anilines is 1. The number of thiophene rings is 1. The average Bonchev–Trinajstić information content (AvgIpc) is 3.12. The molecule has 0 aliphatic rings. The number of nitrogens with one attached hydrogen (secondary N) is 1. The Balaban J connectivity index is 1.61. The van der Waals surface area contributed by atoms with Crippen molar-refractivity contribution in [3.05, 3.63) is 81.5 Å². The number of pyridine rings is 1. The van der Waals surface area contributed by atoms with Crippen molar-refractivity contribution in [2.45, 2.75) is 18.6 Å². The van der Waals surface area contributed by atoms with Crippen LogP contribution in [-0.4, -0.2) is 26.2 Å². The van der Waals surface area contributed by atoms with Crippen molar-refractivity contribution in [2.75, 3.05) is 11.1 Å². The molecule has 152 valence electrons. The minimum atomic E-state index is -0.502. The number of amides is 1. The predicted molar refractivity (Wildman–Crippen MR) is 118 cm³/mol. The molecule has 4 aromatic rings. The molecule has 6 nitrogen and oxygen atoms in total. The summed E-state index contributed by atoms with van der Waals surface area (Å²) in [4.78, 5) is 35.8. The molecule has 0 atom stereocenters. The Morgan fingerprint density at radius 3 is 2.87 bits per heavy atom. The zero-order chi connectivity index (χ0) is 21.1. The van der Waals surface area contributed by atoms with Crippen molar-refractivity contribution in [1.82, 2.24) is 14.5 Å². The lowest BCUT2D eigenvalue weighted by atomic mass is 10.3. The van der Waals surface area contributed by atoms with E-state index < -0.39 is 5.82 Å². The van der Waals surface area contributed by atoms with Crippen molar-refractivity contribution < 1.29 is 9.18 Å². The van der Waals surface area contributed by atoms with Crippen LogP contribution in [0.25, 0.3) is 10.2 Å². The molecule has 0 saturated heterocycles. The molecule has 0 unspecified atom stereocenters. The standard InChI is InChI=1S/C21H17FN4O2S2/c1-13-9-15-19(30-13)25-21(26(20(15)28)11-14-5-4-8-23-10-14)29-12-18(27)24-17-7-3-2-6-16(17)22/h2-10H,11-12H2,1H3,(H,24,27). The molecule has 0 saturated carbocycles. The lowest BCUT2D eigenvalue weighted by Crippen LogP contribution is -2.24. The Morgan fingerprint density at radius 1 is 1.27 bits per heavy atom. The second kappa shape index (κ2) is 8.76. The number of benzene rings is 1. The van der Waals surface area contributed by atoms with E-state index in [1.54, 1.807) is 35.2 Å². The van der Waals surface area contributed by atoms with Crippen LogP contribution < -0.4 is 10.9 Å². The smallest absolute Gasteiger partial charge is 0.263 e. The van der Waals surface area contributed by atoms with Crippen molar-refractivity contribution >= 4 is 44.9 Å². The fourth-order valence-corrected chi connectivity index (χ4v) is 4.64. The second-order valence-corrected chi connectivity index (χ2v) is 8.72. The summed E-state index contributed by atoms with van der Waals surface area (Å²) in [5.74, 6) is -0.892. The topological polar surface area (TPSA) is 76.9 Å². The first-order valence-electron chi connectivity index (χ1n) is 9.08. The van der Waals surface area contributed by atoms with Gasteiger partial charge < -0.3 is 5.32 Å². The van der Waals surface area contributed by atoms with Crippen molar-refractivity contribution in [2.24, 2.45) is 0 Å². The van der Waals surface area contributed by atoms with Crippen LogP contribution >= 0.6 is 23.1 Å². The van der Waals surface area contributed by atoms with E-state index in [2.05, 4.69) is 15.3 Å². The Bertz CT molecular complexity index is 1270. The molecule has 0 radical (unpaired) electrons. The van der Waals surface area contributed by atoms with Gasteiger partial charge in [-0.05, 0) is 36.8 Å². The Kier molecular flexibility index (Phi) is 5.91. The molecule has 30 heavy (non-hydrogen) atoms. The van der Waals surface area contributed by atoms with Crippen LogP contribution in [0.2, 0.25) is 0 Å². The van der Waals surface area contributed by atoms with E-state index in [9.17, 15) is 14.0 Å². The van der Waals surface area contributed by atoms with Gasteiger partial charge >= 0.3 is 0 Å². The van der Waals surface area contributed by atoms with E-state index in [-0.39, 0.29) is 22.9 Å². The zero-order valence-corrected chi connectivity index (χ0v) is 17.6. The largest absolute Gasteiger partial charge is 0.323 e. The summed E-state index contributed by atoms with van der Waals surface area (Å²) < 4.78 is 15.3. The van der Waals surface area contributed by atoms with E-state index in [0.717, 1.165) is 22.2 Å². The molecule has 3 aromatic heterocycles. The van der Waals surface area contributed by atoms with E-state index >= 15 is 0 Å². The van der Waals surface area contributed by atoms with Gasteiger partial charge in [-0.25, -0.2) is 9.37 Å². The van der Waals surface area contributed by atoms with Crippen molar-refractivity contribution in [1.29, 1.82) is 0 Å². The summed E-state index contributed by atoms with van der Waals surface area (Å²) in [6, 6.07) is 11.5. The van der Waals surface area contributed by atoms with Crippen LogP contribution in [-0.2, 0) is 11.3 Å². The number of rotatable bonds is 6. The number of nitrogens with zero attached hydrogens (tertiary/aromatic N) is 3. The highest BCUT2D eigenvalue weighted by molar-refractivity contribution is 7.99. The lowest BCUT2D eigenvalue weighted by Gasteiger charge is -2.12. The number of fused-ring (bicyclic) bond motifs is 1. The third kappa shape index (κ3) is 4.42. The first kappa shape index (κ1) is 20.2. The van der Waals surface area contributed by atoms with Crippen LogP contribution in [0.3, 0.4) is 0 Å². The highest BCUT2D eigenvalue weighted by atomic mass is 32.2. The normalized spacial score (nSPS) is 11.0. The Morgan fingerprint density at radius 2 is 2.10 bits per heavy atom. The Labute approximate surface area is 179 Å². The predicted octanol–water partition coefficient (Wildman–Crippen LogP) is 4.08.